The van der Waals surface area contributed by atoms with E-state index in [1.807, 2.05) is 52.9 Å². The third kappa shape index (κ3) is 3.38. The van der Waals surface area contributed by atoms with E-state index in [0.29, 0.717) is 35.0 Å². The maximum absolute atomic E-state index is 13.1. The molecule has 7 nitrogen and oxygen atoms in total. The number of thioether (sulfide) groups is 1. The zero-order valence-corrected chi connectivity index (χ0v) is 16.1. The second kappa shape index (κ2) is 7.85. The van der Waals surface area contributed by atoms with Gasteiger partial charge >= 0.3 is 5.97 Å². The minimum atomic E-state index is -0.314. The molecule has 0 atom stereocenters. The number of carbonyl (C=O) groups is 1. The zero-order valence-electron chi connectivity index (χ0n) is 15.2. The predicted octanol–water partition coefficient (Wildman–Crippen LogP) is 2.75. The van der Waals surface area contributed by atoms with Gasteiger partial charge in [-0.2, -0.15) is 0 Å². The van der Waals surface area contributed by atoms with Crippen molar-refractivity contribution in [3.63, 3.8) is 0 Å². The van der Waals surface area contributed by atoms with Crippen LogP contribution in [0.3, 0.4) is 0 Å². The molecular formula is C20H18N4O3S. The predicted molar refractivity (Wildman–Crippen MR) is 108 cm³/mol. The van der Waals surface area contributed by atoms with Gasteiger partial charge < -0.3 is 4.74 Å². The van der Waals surface area contributed by atoms with E-state index >= 15 is 0 Å². The van der Waals surface area contributed by atoms with Crippen LogP contribution in [-0.2, 0) is 16.1 Å². The molecule has 0 aliphatic rings. The van der Waals surface area contributed by atoms with E-state index in [1.165, 1.54) is 11.8 Å². The highest BCUT2D eigenvalue weighted by Gasteiger charge is 2.18. The first kappa shape index (κ1) is 18.2. The average Bonchev–Trinajstić information content (AvgIpc) is 3.14. The fourth-order valence-corrected chi connectivity index (χ4v) is 3.80. The minimum Gasteiger partial charge on any atom is -0.465 e. The number of nitrogens with zero attached hydrogens (tertiary/aromatic N) is 4. The fourth-order valence-electron chi connectivity index (χ4n) is 3.06. The molecule has 0 amide bonds. The average molecular weight is 394 g/mol. The summed E-state index contributed by atoms with van der Waals surface area (Å²) in [7, 11) is 0. The lowest BCUT2D eigenvalue weighted by molar-refractivity contribution is -0.139. The minimum absolute atomic E-state index is 0.124. The third-order valence-electron chi connectivity index (χ3n) is 4.29. The molecule has 0 saturated carbocycles. The van der Waals surface area contributed by atoms with Crippen molar-refractivity contribution >= 4 is 34.4 Å². The monoisotopic (exact) mass is 394 g/mol. The summed E-state index contributed by atoms with van der Waals surface area (Å²) in [6, 6.07) is 17.1. The van der Waals surface area contributed by atoms with Gasteiger partial charge in [0, 0.05) is 0 Å². The molecule has 0 aliphatic heterocycles. The Labute approximate surface area is 165 Å². The summed E-state index contributed by atoms with van der Waals surface area (Å²) in [6.45, 7) is 2.49. The summed E-state index contributed by atoms with van der Waals surface area (Å²) in [6.07, 6.45) is 0. The Bertz CT molecular complexity index is 1200. The van der Waals surface area contributed by atoms with E-state index in [0.717, 1.165) is 5.56 Å². The Balaban J connectivity index is 1.86. The van der Waals surface area contributed by atoms with Crippen molar-refractivity contribution in [3.05, 3.63) is 70.5 Å². The van der Waals surface area contributed by atoms with Gasteiger partial charge in [0.2, 0.25) is 5.78 Å². The number of carbonyl (C=O) groups excluding carboxylic acids is 1. The molecule has 0 aliphatic carbocycles. The van der Waals surface area contributed by atoms with Crippen molar-refractivity contribution in [2.45, 2.75) is 18.6 Å². The summed E-state index contributed by atoms with van der Waals surface area (Å²) in [4.78, 5) is 24.9. The number of hydrogen-bond acceptors (Lipinski definition) is 6. The molecule has 2 heterocycles. The van der Waals surface area contributed by atoms with E-state index in [-0.39, 0.29) is 17.3 Å². The van der Waals surface area contributed by atoms with E-state index in [1.54, 1.807) is 17.6 Å². The lowest BCUT2D eigenvalue weighted by Crippen LogP contribution is -2.24. The normalized spacial score (nSPS) is 11.2. The van der Waals surface area contributed by atoms with Crippen LogP contribution in [0, 0.1) is 0 Å². The van der Waals surface area contributed by atoms with Gasteiger partial charge in [0.25, 0.3) is 5.56 Å². The Morgan fingerprint density at radius 3 is 2.61 bits per heavy atom. The van der Waals surface area contributed by atoms with Gasteiger partial charge in [-0.25, -0.2) is 0 Å². The number of para-hydroxylation sites is 1. The first-order valence-corrected chi connectivity index (χ1v) is 9.86. The van der Waals surface area contributed by atoms with E-state index < -0.39 is 0 Å². The van der Waals surface area contributed by atoms with Gasteiger partial charge in [0.15, 0.2) is 5.16 Å². The maximum Gasteiger partial charge on any atom is 0.316 e. The van der Waals surface area contributed by atoms with Gasteiger partial charge in [0.1, 0.15) is 0 Å². The maximum atomic E-state index is 13.1. The lowest BCUT2D eigenvalue weighted by atomic mass is 10.2. The van der Waals surface area contributed by atoms with Crippen LogP contribution in [0.5, 0.6) is 0 Å². The second-order valence-corrected chi connectivity index (χ2v) is 7.05. The molecular weight excluding hydrogens is 376 g/mol. The van der Waals surface area contributed by atoms with Gasteiger partial charge in [-0.1, -0.05) is 54.2 Å². The number of fused-ring (bicyclic) bond motifs is 3. The van der Waals surface area contributed by atoms with Crippen molar-refractivity contribution in [2.24, 2.45) is 0 Å². The SMILES string of the molecule is CCOC(=O)CSc1nnc2n(Cc3ccccc3)c(=O)c3ccccc3n12. The number of ether oxygens (including phenoxy) is 1. The first-order valence-electron chi connectivity index (χ1n) is 8.88. The molecule has 0 spiro atoms. The van der Waals surface area contributed by atoms with Crippen molar-refractivity contribution in [2.75, 3.05) is 12.4 Å². The molecule has 2 aromatic heterocycles. The number of hydrogen-bond donors (Lipinski definition) is 0. The van der Waals surface area contributed by atoms with Gasteiger partial charge in [-0.15, -0.1) is 10.2 Å². The highest BCUT2D eigenvalue weighted by molar-refractivity contribution is 7.99. The Hall–Kier alpha value is -3.13. The topological polar surface area (TPSA) is 78.5 Å². The highest BCUT2D eigenvalue weighted by atomic mass is 32.2. The first-order chi connectivity index (χ1) is 13.7. The van der Waals surface area contributed by atoms with Crippen molar-refractivity contribution < 1.29 is 9.53 Å². The summed E-state index contributed by atoms with van der Waals surface area (Å²) in [5.41, 5.74) is 1.58. The Morgan fingerprint density at radius 1 is 1.07 bits per heavy atom. The molecule has 4 aromatic rings. The largest absolute Gasteiger partial charge is 0.465 e. The van der Waals surface area contributed by atoms with E-state index in [4.69, 9.17) is 4.74 Å². The smallest absolute Gasteiger partial charge is 0.316 e. The summed E-state index contributed by atoms with van der Waals surface area (Å²) < 4.78 is 8.42. The van der Waals surface area contributed by atoms with Crippen molar-refractivity contribution in [3.8, 4) is 0 Å². The van der Waals surface area contributed by atoms with Crippen LogP contribution < -0.4 is 5.56 Å². The van der Waals surface area contributed by atoms with Crippen LogP contribution in [0.1, 0.15) is 12.5 Å². The standard InChI is InChI=1S/C20H18N4O3S/c1-2-27-17(25)13-28-20-22-21-19-23(12-14-8-4-3-5-9-14)18(26)15-10-6-7-11-16(15)24(19)20/h3-11H,2,12-13H2,1H3. The quantitative estimate of drug-likeness (QED) is 0.370. The molecule has 2 aromatic carbocycles. The zero-order chi connectivity index (χ0) is 19.5. The number of esters is 1. The van der Waals surface area contributed by atoms with Crippen LogP contribution in [0.2, 0.25) is 0 Å². The molecule has 4 rings (SSSR count). The fraction of sp³-hybridized carbons (Fsp3) is 0.200. The van der Waals surface area contributed by atoms with Crippen molar-refractivity contribution in [1.29, 1.82) is 0 Å². The van der Waals surface area contributed by atoms with E-state index in [9.17, 15) is 9.59 Å². The Kier molecular flexibility index (Phi) is 5.12. The Morgan fingerprint density at radius 2 is 1.82 bits per heavy atom. The van der Waals surface area contributed by atoms with E-state index in [2.05, 4.69) is 10.2 Å². The van der Waals surface area contributed by atoms with Crippen molar-refractivity contribution in [1.82, 2.24) is 19.2 Å². The molecule has 142 valence electrons. The number of aromatic nitrogens is 4. The molecule has 0 radical (unpaired) electrons. The lowest BCUT2D eigenvalue weighted by Gasteiger charge is -2.11. The molecule has 0 bridgehead atoms. The molecule has 0 saturated heterocycles. The van der Waals surface area contributed by atoms with Gasteiger partial charge in [-0.3, -0.25) is 18.6 Å². The number of rotatable bonds is 6. The molecule has 28 heavy (non-hydrogen) atoms. The molecule has 0 fully saturated rings. The highest BCUT2D eigenvalue weighted by Crippen LogP contribution is 2.22. The van der Waals surface area contributed by atoms with Gasteiger partial charge in [-0.05, 0) is 24.6 Å². The third-order valence-corrected chi connectivity index (χ3v) is 5.19. The molecule has 0 unspecified atom stereocenters. The summed E-state index contributed by atoms with van der Waals surface area (Å²) >= 11 is 1.24. The number of benzene rings is 2. The van der Waals surface area contributed by atoms with Crippen LogP contribution in [0.15, 0.2) is 64.5 Å². The van der Waals surface area contributed by atoms with Crippen LogP contribution in [0.25, 0.3) is 16.7 Å². The second-order valence-electron chi connectivity index (χ2n) is 6.11. The molecule has 8 heteroatoms. The molecule has 0 N–H and O–H groups in total. The summed E-state index contributed by atoms with van der Waals surface area (Å²) in [5.74, 6) is 0.255. The van der Waals surface area contributed by atoms with Crippen LogP contribution >= 0.6 is 11.8 Å². The van der Waals surface area contributed by atoms with Gasteiger partial charge in [0.05, 0.1) is 29.8 Å². The summed E-state index contributed by atoms with van der Waals surface area (Å²) in [5, 5.41) is 9.60. The van der Waals surface area contributed by atoms with Crippen LogP contribution in [-0.4, -0.2) is 37.5 Å². The van der Waals surface area contributed by atoms with Crippen LogP contribution in [0.4, 0.5) is 0 Å².